The molecular formula is C31H31NO6. The number of rotatable bonds is 9. The fraction of sp³-hybridized carbons (Fsp3) is 0.258. The molecule has 0 spiro atoms. The van der Waals surface area contributed by atoms with Crippen molar-refractivity contribution in [2.24, 2.45) is 5.92 Å². The van der Waals surface area contributed by atoms with Crippen LogP contribution in [0.2, 0.25) is 0 Å². The number of esters is 1. The Labute approximate surface area is 222 Å². The summed E-state index contributed by atoms with van der Waals surface area (Å²) in [6.07, 6.45) is 0.708. The van der Waals surface area contributed by atoms with Crippen LogP contribution in [0.1, 0.15) is 54.7 Å². The van der Waals surface area contributed by atoms with E-state index >= 15 is 0 Å². The molecule has 0 radical (unpaired) electrons. The van der Waals surface area contributed by atoms with Gasteiger partial charge in [0.25, 0.3) is 11.7 Å². The van der Waals surface area contributed by atoms with Gasteiger partial charge in [0.2, 0.25) is 0 Å². The first kappa shape index (κ1) is 26.7. The van der Waals surface area contributed by atoms with Crippen molar-refractivity contribution >= 4 is 29.1 Å². The highest BCUT2D eigenvalue weighted by atomic mass is 16.5. The minimum Gasteiger partial charge on any atom is -0.507 e. The van der Waals surface area contributed by atoms with Crippen molar-refractivity contribution in [2.45, 2.75) is 33.2 Å². The lowest BCUT2D eigenvalue weighted by Crippen LogP contribution is -2.29. The van der Waals surface area contributed by atoms with Crippen molar-refractivity contribution in [2.75, 3.05) is 18.1 Å². The summed E-state index contributed by atoms with van der Waals surface area (Å²) >= 11 is 0. The lowest BCUT2D eigenvalue weighted by atomic mass is 9.95. The Morgan fingerprint density at radius 2 is 1.55 bits per heavy atom. The second-order valence-corrected chi connectivity index (χ2v) is 9.49. The maximum Gasteiger partial charge on any atom is 0.338 e. The SMILES string of the molecule is CCCOC(=O)c1ccc(N2C(=O)C(=O)/C(=C(/O)c3ccc(OCC(C)C)cc3)C2c2ccccc2)cc1. The maximum atomic E-state index is 13.3. The average molecular weight is 514 g/mol. The number of hydrogen-bond donors (Lipinski definition) is 1. The van der Waals surface area contributed by atoms with E-state index in [2.05, 4.69) is 13.8 Å². The van der Waals surface area contributed by atoms with E-state index in [0.29, 0.717) is 53.7 Å². The van der Waals surface area contributed by atoms with Crippen molar-refractivity contribution in [3.63, 3.8) is 0 Å². The third-order valence-corrected chi connectivity index (χ3v) is 6.09. The Bertz CT molecular complexity index is 1330. The van der Waals surface area contributed by atoms with Gasteiger partial charge in [-0.1, -0.05) is 51.1 Å². The van der Waals surface area contributed by atoms with Crippen molar-refractivity contribution < 1.29 is 29.0 Å². The zero-order chi connectivity index (χ0) is 27.2. The number of carbonyl (C=O) groups is 3. The highest BCUT2D eigenvalue weighted by Crippen LogP contribution is 2.42. The number of ether oxygens (including phenoxy) is 2. The molecule has 7 heteroatoms. The number of anilines is 1. The fourth-order valence-electron chi connectivity index (χ4n) is 4.21. The molecule has 7 nitrogen and oxygen atoms in total. The third-order valence-electron chi connectivity index (χ3n) is 6.09. The van der Waals surface area contributed by atoms with Gasteiger partial charge < -0.3 is 14.6 Å². The van der Waals surface area contributed by atoms with Crippen LogP contribution in [-0.2, 0) is 14.3 Å². The highest BCUT2D eigenvalue weighted by Gasteiger charge is 2.46. The minimum atomic E-state index is -0.856. The molecule has 0 aliphatic carbocycles. The van der Waals surface area contributed by atoms with Crippen LogP contribution in [0.5, 0.6) is 5.75 Å². The number of aliphatic hydroxyl groups excluding tert-OH is 1. The van der Waals surface area contributed by atoms with Gasteiger partial charge in [0.05, 0.1) is 30.4 Å². The van der Waals surface area contributed by atoms with Gasteiger partial charge in [-0.3, -0.25) is 14.5 Å². The van der Waals surface area contributed by atoms with Crippen molar-refractivity contribution in [3.05, 3.63) is 101 Å². The molecule has 1 amide bonds. The average Bonchev–Trinajstić information content (AvgIpc) is 3.21. The summed E-state index contributed by atoms with van der Waals surface area (Å²) in [5, 5.41) is 11.3. The second-order valence-electron chi connectivity index (χ2n) is 9.49. The molecule has 1 atom stereocenters. The molecule has 1 aliphatic heterocycles. The quantitative estimate of drug-likeness (QED) is 0.165. The minimum absolute atomic E-state index is 0.0107. The van der Waals surface area contributed by atoms with Gasteiger partial charge in [0, 0.05) is 11.3 Å². The van der Waals surface area contributed by atoms with Crippen molar-refractivity contribution in [1.82, 2.24) is 0 Å². The molecule has 0 saturated carbocycles. The van der Waals surface area contributed by atoms with Gasteiger partial charge >= 0.3 is 5.97 Å². The number of aliphatic hydroxyl groups is 1. The van der Waals surface area contributed by atoms with Crippen LogP contribution in [-0.4, -0.2) is 36.0 Å². The van der Waals surface area contributed by atoms with Crippen LogP contribution in [0, 0.1) is 5.92 Å². The molecule has 4 rings (SSSR count). The van der Waals surface area contributed by atoms with E-state index in [1.807, 2.05) is 25.1 Å². The Hall–Kier alpha value is -4.39. The van der Waals surface area contributed by atoms with Gasteiger partial charge in [0.1, 0.15) is 11.5 Å². The summed E-state index contributed by atoms with van der Waals surface area (Å²) in [7, 11) is 0. The lowest BCUT2D eigenvalue weighted by molar-refractivity contribution is -0.132. The molecule has 0 aromatic heterocycles. The predicted molar refractivity (Wildman–Crippen MR) is 145 cm³/mol. The van der Waals surface area contributed by atoms with Crippen LogP contribution in [0.4, 0.5) is 5.69 Å². The summed E-state index contributed by atoms with van der Waals surface area (Å²) in [6, 6.07) is 21.3. The normalized spacial score (nSPS) is 16.6. The van der Waals surface area contributed by atoms with E-state index in [4.69, 9.17) is 9.47 Å². The first-order valence-electron chi connectivity index (χ1n) is 12.7. The molecule has 1 unspecified atom stereocenters. The molecule has 1 saturated heterocycles. The van der Waals surface area contributed by atoms with Crippen LogP contribution >= 0.6 is 0 Å². The summed E-state index contributed by atoms with van der Waals surface area (Å²) < 4.78 is 10.9. The number of Topliss-reactive ketones (excluding diaryl/α,β-unsaturated/α-hetero) is 1. The van der Waals surface area contributed by atoms with E-state index < -0.39 is 23.7 Å². The standard InChI is InChI=1S/C31H31NO6/c1-4-18-37-31(36)23-10-14-24(15-11-23)32-27(21-8-6-5-7-9-21)26(29(34)30(32)35)28(33)22-12-16-25(17-13-22)38-19-20(2)3/h5-17,20,27,33H,4,18-19H2,1-3H3/b28-26+. The number of hydrogen-bond acceptors (Lipinski definition) is 6. The van der Waals surface area contributed by atoms with Gasteiger partial charge in [-0.25, -0.2) is 4.79 Å². The van der Waals surface area contributed by atoms with Crippen LogP contribution in [0.25, 0.3) is 5.76 Å². The molecule has 3 aromatic rings. The molecule has 0 bridgehead atoms. The molecule has 38 heavy (non-hydrogen) atoms. The number of carbonyl (C=O) groups excluding carboxylic acids is 3. The molecule has 1 N–H and O–H groups in total. The van der Waals surface area contributed by atoms with E-state index in [0.717, 1.165) is 0 Å². The van der Waals surface area contributed by atoms with Crippen LogP contribution in [0.3, 0.4) is 0 Å². The smallest absolute Gasteiger partial charge is 0.338 e. The van der Waals surface area contributed by atoms with E-state index in [1.54, 1.807) is 60.7 Å². The number of amides is 1. The van der Waals surface area contributed by atoms with Crippen molar-refractivity contribution in [1.29, 1.82) is 0 Å². The molecule has 1 fully saturated rings. The van der Waals surface area contributed by atoms with Gasteiger partial charge in [-0.2, -0.15) is 0 Å². The number of ketones is 1. The fourth-order valence-corrected chi connectivity index (χ4v) is 4.21. The van der Waals surface area contributed by atoms with Crippen molar-refractivity contribution in [3.8, 4) is 5.75 Å². The lowest BCUT2D eigenvalue weighted by Gasteiger charge is -2.25. The first-order valence-corrected chi connectivity index (χ1v) is 12.7. The molecule has 1 aliphatic rings. The van der Waals surface area contributed by atoms with E-state index in [-0.39, 0.29) is 11.3 Å². The third kappa shape index (κ3) is 5.62. The van der Waals surface area contributed by atoms with E-state index in [1.165, 1.54) is 4.90 Å². The molecule has 196 valence electrons. The summed E-state index contributed by atoms with van der Waals surface area (Å²) in [4.78, 5) is 40.2. The van der Waals surface area contributed by atoms with Gasteiger partial charge in [-0.05, 0) is 66.4 Å². The van der Waals surface area contributed by atoms with Gasteiger partial charge in [-0.15, -0.1) is 0 Å². The summed E-state index contributed by atoms with van der Waals surface area (Å²) in [5.74, 6) is -1.27. The largest absolute Gasteiger partial charge is 0.507 e. The Kier molecular flexibility index (Phi) is 8.26. The Morgan fingerprint density at radius 3 is 2.16 bits per heavy atom. The second kappa shape index (κ2) is 11.8. The topological polar surface area (TPSA) is 93.1 Å². The molecular weight excluding hydrogens is 482 g/mol. The first-order chi connectivity index (χ1) is 18.3. The Balaban J connectivity index is 1.73. The zero-order valence-electron chi connectivity index (χ0n) is 21.7. The number of benzene rings is 3. The summed E-state index contributed by atoms with van der Waals surface area (Å²) in [6.45, 7) is 6.88. The summed E-state index contributed by atoms with van der Waals surface area (Å²) in [5.41, 5.74) is 1.81. The monoisotopic (exact) mass is 513 g/mol. The van der Waals surface area contributed by atoms with Crippen LogP contribution in [0.15, 0.2) is 84.4 Å². The highest BCUT2D eigenvalue weighted by molar-refractivity contribution is 6.51. The zero-order valence-corrected chi connectivity index (χ0v) is 21.7. The Morgan fingerprint density at radius 1 is 0.921 bits per heavy atom. The predicted octanol–water partition coefficient (Wildman–Crippen LogP) is 5.91. The molecule has 1 heterocycles. The van der Waals surface area contributed by atoms with E-state index in [9.17, 15) is 19.5 Å². The van der Waals surface area contributed by atoms with Gasteiger partial charge in [0.15, 0.2) is 0 Å². The maximum absolute atomic E-state index is 13.3. The van der Waals surface area contributed by atoms with Crippen LogP contribution < -0.4 is 9.64 Å². The number of nitrogens with zero attached hydrogens (tertiary/aromatic N) is 1. The molecule has 3 aromatic carbocycles.